The van der Waals surface area contributed by atoms with Gasteiger partial charge >= 0.3 is 17.9 Å². The zero-order valence-corrected chi connectivity index (χ0v) is 17.3. The summed E-state index contributed by atoms with van der Waals surface area (Å²) in [6.07, 6.45) is -2.76. The number of carbonyl (C=O) groups is 3. The number of nitrogen functional groups attached to an aromatic ring is 1. The van der Waals surface area contributed by atoms with Crippen LogP contribution in [0.5, 0.6) is 0 Å². The van der Waals surface area contributed by atoms with E-state index in [1.165, 1.54) is 31.7 Å². The van der Waals surface area contributed by atoms with Crippen LogP contribution < -0.4 is 5.73 Å². The van der Waals surface area contributed by atoms with Crippen LogP contribution in [0.1, 0.15) is 27.0 Å². The molecule has 0 aromatic carbocycles. The Balaban J connectivity index is 2.07. The van der Waals surface area contributed by atoms with Gasteiger partial charge in [0.05, 0.1) is 0 Å². The molecule has 0 unspecified atom stereocenters. The van der Waals surface area contributed by atoms with Crippen molar-refractivity contribution in [3.63, 3.8) is 0 Å². The molecule has 2 aromatic heterocycles. The summed E-state index contributed by atoms with van der Waals surface area (Å²) in [7, 11) is 0. The number of halogens is 1. The summed E-state index contributed by atoms with van der Waals surface area (Å²) in [6, 6.07) is 0. The van der Waals surface area contributed by atoms with Crippen LogP contribution in [0.15, 0.2) is 11.1 Å². The highest BCUT2D eigenvalue weighted by Crippen LogP contribution is 2.38. The number of fused-ring (bicyclic) bond motifs is 1. The molecule has 13 heteroatoms. The number of hydrogen-bond acceptors (Lipinski definition) is 11. The van der Waals surface area contributed by atoms with Gasteiger partial charge in [-0.3, -0.25) is 19.0 Å². The topological polar surface area (TPSA) is 158 Å². The van der Waals surface area contributed by atoms with Gasteiger partial charge in [0.15, 0.2) is 40.2 Å². The molecule has 1 aliphatic rings. The van der Waals surface area contributed by atoms with Crippen molar-refractivity contribution in [3.05, 3.63) is 11.1 Å². The van der Waals surface area contributed by atoms with Gasteiger partial charge in [0.25, 0.3) is 0 Å². The molecule has 0 radical (unpaired) electrons. The number of rotatable bonds is 5. The third-order valence-electron chi connectivity index (χ3n) is 4.06. The van der Waals surface area contributed by atoms with Crippen molar-refractivity contribution < 1.29 is 33.3 Å². The van der Waals surface area contributed by atoms with Crippen molar-refractivity contribution in [2.75, 3.05) is 12.3 Å². The normalized spacial score (nSPS) is 23.7. The van der Waals surface area contributed by atoms with Crippen molar-refractivity contribution in [3.8, 4) is 0 Å². The van der Waals surface area contributed by atoms with E-state index in [-0.39, 0.29) is 17.2 Å². The maximum absolute atomic E-state index is 11.7. The number of esters is 3. The largest absolute Gasteiger partial charge is 0.463 e. The molecule has 2 N–H and O–H groups in total. The Morgan fingerprint density at radius 2 is 1.79 bits per heavy atom. The highest BCUT2D eigenvalue weighted by Gasteiger charge is 2.51. The summed E-state index contributed by atoms with van der Waals surface area (Å²) in [5.41, 5.74) is 6.46. The third kappa shape index (κ3) is 4.29. The second-order valence-corrected chi connectivity index (χ2v) is 6.91. The van der Waals surface area contributed by atoms with Gasteiger partial charge in [-0.2, -0.15) is 0 Å². The molecule has 4 atom stereocenters. The lowest BCUT2D eigenvalue weighted by Gasteiger charge is -2.24. The van der Waals surface area contributed by atoms with Gasteiger partial charge in [0.2, 0.25) is 0 Å². The van der Waals surface area contributed by atoms with Crippen LogP contribution >= 0.6 is 15.9 Å². The number of nitrogens with zero attached hydrogens (tertiary/aromatic N) is 4. The average molecular weight is 472 g/mol. The maximum Gasteiger partial charge on any atom is 0.303 e. The van der Waals surface area contributed by atoms with E-state index in [0.717, 1.165) is 0 Å². The first-order valence-corrected chi connectivity index (χ1v) is 9.25. The molecule has 0 bridgehead atoms. The minimum atomic E-state index is -1.07. The summed E-state index contributed by atoms with van der Waals surface area (Å²) in [5.74, 6) is -1.64. The molecule has 0 saturated carbocycles. The monoisotopic (exact) mass is 471 g/mol. The van der Waals surface area contributed by atoms with Gasteiger partial charge < -0.3 is 24.7 Å². The maximum atomic E-state index is 11.7. The summed E-state index contributed by atoms with van der Waals surface area (Å²) in [4.78, 5) is 47.0. The van der Waals surface area contributed by atoms with Gasteiger partial charge in [-0.25, -0.2) is 15.0 Å². The molecule has 156 valence electrons. The minimum Gasteiger partial charge on any atom is -0.463 e. The summed E-state index contributed by atoms with van der Waals surface area (Å²) in [5, 5.41) is 0. The van der Waals surface area contributed by atoms with Gasteiger partial charge in [0, 0.05) is 20.8 Å². The average Bonchev–Trinajstić information content (AvgIpc) is 3.11. The van der Waals surface area contributed by atoms with Crippen LogP contribution in [-0.2, 0) is 33.3 Å². The Morgan fingerprint density at radius 3 is 2.41 bits per heavy atom. The zero-order chi connectivity index (χ0) is 21.3. The minimum absolute atomic E-state index is 0.143. The van der Waals surface area contributed by atoms with Crippen LogP contribution in [0, 0.1) is 0 Å². The van der Waals surface area contributed by atoms with Gasteiger partial charge in [-0.1, -0.05) is 0 Å². The lowest BCUT2D eigenvalue weighted by atomic mass is 10.1. The summed E-state index contributed by atoms with van der Waals surface area (Å²) < 4.78 is 23.5. The SMILES string of the molecule is CC(=O)OC[C@@H]1O[C@@H](n2c(Br)nc3c(N)ncnc32)[C@@H](OC(C)=O)[C@H]1OC(C)=O. The van der Waals surface area contributed by atoms with E-state index in [2.05, 4.69) is 30.9 Å². The van der Waals surface area contributed by atoms with Crippen molar-refractivity contribution >= 4 is 50.8 Å². The molecule has 3 rings (SSSR count). The number of anilines is 1. The fourth-order valence-electron chi connectivity index (χ4n) is 3.03. The Hall–Kier alpha value is -2.80. The first-order valence-electron chi connectivity index (χ1n) is 8.46. The second kappa shape index (κ2) is 8.29. The first kappa shape index (κ1) is 20.9. The van der Waals surface area contributed by atoms with Crippen molar-refractivity contribution in [2.45, 2.75) is 45.3 Å². The van der Waals surface area contributed by atoms with Crippen molar-refractivity contribution in [1.29, 1.82) is 0 Å². The lowest BCUT2D eigenvalue weighted by Crippen LogP contribution is -2.40. The first-order chi connectivity index (χ1) is 13.7. The number of aromatic nitrogens is 4. The molecular weight excluding hydrogens is 454 g/mol. The van der Waals surface area contributed by atoms with Crippen LogP contribution in [0.25, 0.3) is 11.2 Å². The molecule has 1 aliphatic heterocycles. The number of nitrogens with two attached hydrogens (primary N) is 1. The molecule has 1 fully saturated rings. The predicted molar refractivity (Wildman–Crippen MR) is 99.1 cm³/mol. The number of carbonyl (C=O) groups excluding carboxylic acids is 3. The summed E-state index contributed by atoms with van der Waals surface area (Å²) >= 11 is 3.32. The fourth-order valence-corrected chi connectivity index (χ4v) is 3.57. The predicted octanol–water partition coefficient (Wildman–Crippen LogP) is 0.495. The molecule has 2 aromatic rings. The van der Waals surface area contributed by atoms with Crippen LogP contribution in [0.2, 0.25) is 0 Å². The van der Waals surface area contributed by atoms with Crippen LogP contribution in [-0.4, -0.2) is 62.3 Å². The van der Waals surface area contributed by atoms with Gasteiger partial charge in [-0.15, -0.1) is 0 Å². The molecular formula is C16H18BrN5O7. The smallest absolute Gasteiger partial charge is 0.303 e. The highest BCUT2D eigenvalue weighted by atomic mass is 79.9. The zero-order valence-electron chi connectivity index (χ0n) is 15.7. The second-order valence-electron chi connectivity index (χ2n) is 6.20. The summed E-state index contributed by atoms with van der Waals surface area (Å²) in [6.45, 7) is 3.43. The van der Waals surface area contributed by atoms with Gasteiger partial charge in [-0.05, 0) is 15.9 Å². The number of imidazole rings is 1. The molecule has 12 nitrogen and oxygen atoms in total. The van der Waals surface area contributed by atoms with E-state index in [4.69, 9.17) is 24.7 Å². The van der Waals surface area contributed by atoms with E-state index in [1.807, 2.05) is 0 Å². The van der Waals surface area contributed by atoms with Crippen molar-refractivity contribution in [2.24, 2.45) is 0 Å². The van der Waals surface area contributed by atoms with E-state index < -0.39 is 42.4 Å². The molecule has 0 aliphatic carbocycles. The third-order valence-corrected chi connectivity index (χ3v) is 4.62. The quantitative estimate of drug-likeness (QED) is 0.367. The Labute approximate surface area is 172 Å². The van der Waals surface area contributed by atoms with Gasteiger partial charge in [0.1, 0.15) is 19.0 Å². The van der Waals surface area contributed by atoms with E-state index in [9.17, 15) is 14.4 Å². The number of hydrogen-bond donors (Lipinski definition) is 1. The molecule has 0 spiro atoms. The fraction of sp³-hybridized carbons (Fsp3) is 0.500. The Bertz CT molecular complexity index is 965. The number of ether oxygens (including phenoxy) is 4. The van der Waals surface area contributed by atoms with E-state index in [1.54, 1.807) is 0 Å². The molecule has 1 saturated heterocycles. The highest BCUT2D eigenvalue weighted by molar-refractivity contribution is 9.10. The Kier molecular flexibility index (Phi) is 5.98. The molecule has 3 heterocycles. The van der Waals surface area contributed by atoms with E-state index in [0.29, 0.717) is 11.2 Å². The standard InChI is InChI=1S/C16H18BrN5O7/c1-6(23)26-4-9-11(27-7(2)24)12(28-8(3)25)15(29-9)22-14-10(21-16(22)17)13(18)19-5-20-14/h5,9,11-12,15H,4H2,1-3H3,(H2,18,19,20)/t9-,11-,12-,15+/m0/s1. The Morgan fingerprint density at radius 1 is 1.14 bits per heavy atom. The van der Waals surface area contributed by atoms with Crippen LogP contribution in [0.3, 0.4) is 0 Å². The molecule has 0 amide bonds. The lowest BCUT2D eigenvalue weighted by molar-refractivity contribution is -0.166. The van der Waals surface area contributed by atoms with E-state index >= 15 is 0 Å². The molecule has 29 heavy (non-hydrogen) atoms. The van der Waals surface area contributed by atoms with Crippen LogP contribution in [0.4, 0.5) is 5.82 Å². The van der Waals surface area contributed by atoms with Crippen molar-refractivity contribution in [1.82, 2.24) is 19.5 Å².